The van der Waals surface area contributed by atoms with E-state index in [2.05, 4.69) is 9.80 Å². The number of nitrogens with zero attached hydrogens (tertiary/aromatic N) is 2. The highest BCUT2D eigenvalue weighted by Crippen LogP contribution is 2.19. The minimum absolute atomic E-state index is 0.221. The lowest BCUT2D eigenvalue weighted by Gasteiger charge is -2.30. The van der Waals surface area contributed by atoms with Crippen molar-refractivity contribution in [3.63, 3.8) is 0 Å². The molecule has 3 saturated heterocycles. The Labute approximate surface area is 78.1 Å². The average Bonchev–Trinajstić information content (AvgIpc) is 2.39. The smallest absolute Gasteiger partial charge is 0.317 e. The van der Waals surface area contributed by atoms with Crippen LogP contribution in [0.3, 0.4) is 0 Å². The molecular weight excluding hydrogens is 168 g/mol. The van der Waals surface area contributed by atoms with Gasteiger partial charge in [0.05, 0.1) is 6.54 Å². The molecule has 0 amide bonds. The van der Waals surface area contributed by atoms with Gasteiger partial charge in [0.15, 0.2) is 0 Å². The molecule has 1 N–H and O–H groups in total. The van der Waals surface area contributed by atoms with E-state index in [1.165, 1.54) is 0 Å². The molecule has 4 nitrogen and oxygen atoms in total. The predicted octanol–water partition coefficient (Wildman–Crippen LogP) is -0.149. The summed E-state index contributed by atoms with van der Waals surface area (Å²) >= 11 is 0. The van der Waals surface area contributed by atoms with Crippen LogP contribution in [0.4, 0.5) is 0 Å². The number of rotatable bonds is 2. The largest absolute Gasteiger partial charge is 0.480 e. The van der Waals surface area contributed by atoms with Gasteiger partial charge in [-0.05, 0) is 25.9 Å². The third-order valence-corrected chi connectivity index (χ3v) is 3.12. The molecule has 0 saturated carbocycles. The molecule has 0 aromatic carbocycles. The molecule has 3 aliphatic heterocycles. The second-order valence-electron chi connectivity index (χ2n) is 3.94. The Morgan fingerprint density at radius 1 is 1.23 bits per heavy atom. The fraction of sp³-hybridized carbons (Fsp3) is 0.889. The molecule has 0 unspecified atom stereocenters. The molecule has 0 aliphatic carbocycles. The van der Waals surface area contributed by atoms with Gasteiger partial charge < -0.3 is 10.0 Å². The van der Waals surface area contributed by atoms with Gasteiger partial charge in [-0.25, -0.2) is 0 Å². The summed E-state index contributed by atoms with van der Waals surface area (Å²) in [6.07, 6.45) is 2.29. The zero-order valence-corrected chi connectivity index (χ0v) is 7.78. The van der Waals surface area contributed by atoms with Crippen molar-refractivity contribution in [1.82, 2.24) is 9.80 Å². The van der Waals surface area contributed by atoms with Crippen LogP contribution >= 0.6 is 0 Å². The van der Waals surface area contributed by atoms with Gasteiger partial charge in [-0.15, -0.1) is 0 Å². The number of carbonyl (C=O) groups is 1. The van der Waals surface area contributed by atoms with Crippen LogP contribution in [0.5, 0.6) is 0 Å². The van der Waals surface area contributed by atoms with Crippen LogP contribution in [-0.4, -0.2) is 59.6 Å². The van der Waals surface area contributed by atoms with Crippen molar-refractivity contribution in [2.45, 2.75) is 18.9 Å². The van der Waals surface area contributed by atoms with Crippen LogP contribution in [0.1, 0.15) is 12.8 Å². The number of aliphatic carboxylic acids is 1. The van der Waals surface area contributed by atoms with Gasteiger partial charge >= 0.3 is 5.97 Å². The predicted molar refractivity (Wildman–Crippen MR) is 48.7 cm³/mol. The quantitative estimate of drug-likeness (QED) is 0.648. The Morgan fingerprint density at radius 3 is 2.54 bits per heavy atom. The van der Waals surface area contributed by atoms with Crippen LogP contribution in [0.2, 0.25) is 0 Å². The molecule has 3 aliphatic rings. The molecule has 0 spiro atoms. The van der Waals surface area contributed by atoms with Gasteiger partial charge in [0, 0.05) is 19.1 Å². The summed E-state index contributed by atoms with van der Waals surface area (Å²) in [4.78, 5) is 15.1. The molecule has 4 heteroatoms. The van der Waals surface area contributed by atoms with Crippen LogP contribution in [0, 0.1) is 0 Å². The molecule has 13 heavy (non-hydrogen) atoms. The Morgan fingerprint density at radius 2 is 1.92 bits per heavy atom. The van der Waals surface area contributed by atoms with Crippen molar-refractivity contribution in [2.24, 2.45) is 0 Å². The minimum Gasteiger partial charge on any atom is -0.480 e. The van der Waals surface area contributed by atoms with Crippen LogP contribution in [0.25, 0.3) is 0 Å². The number of carboxylic acids is 1. The van der Waals surface area contributed by atoms with Crippen molar-refractivity contribution >= 4 is 5.97 Å². The van der Waals surface area contributed by atoms with Crippen molar-refractivity contribution in [3.8, 4) is 0 Å². The van der Waals surface area contributed by atoms with Crippen LogP contribution in [-0.2, 0) is 4.79 Å². The van der Waals surface area contributed by atoms with Crippen LogP contribution < -0.4 is 0 Å². The molecule has 0 aromatic rings. The van der Waals surface area contributed by atoms with Crippen molar-refractivity contribution in [3.05, 3.63) is 0 Å². The Bertz CT molecular complexity index is 200. The SMILES string of the molecule is O=C(O)CN1CCN2CCC1CC2. The average molecular weight is 184 g/mol. The van der Waals surface area contributed by atoms with Gasteiger partial charge in [0.25, 0.3) is 0 Å². The van der Waals surface area contributed by atoms with E-state index in [1.54, 1.807) is 0 Å². The zero-order chi connectivity index (χ0) is 9.26. The van der Waals surface area contributed by atoms with E-state index in [0.717, 1.165) is 39.0 Å². The highest BCUT2D eigenvalue weighted by Gasteiger charge is 2.29. The number of hydrogen-bond acceptors (Lipinski definition) is 3. The molecule has 3 rings (SSSR count). The lowest BCUT2D eigenvalue weighted by atomic mass is 10.1. The van der Waals surface area contributed by atoms with E-state index in [1.807, 2.05) is 0 Å². The zero-order valence-electron chi connectivity index (χ0n) is 7.78. The van der Waals surface area contributed by atoms with Gasteiger partial charge in [-0.2, -0.15) is 0 Å². The summed E-state index contributed by atoms with van der Waals surface area (Å²) in [6, 6.07) is 0.523. The monoisotopic (exact) mass is 184 g/mol. The minimum atomic E-state index is -0.694. The highest BCUT2D eigenvalue weighted by molar-refractivity contribution is 5.69. The second-order valence-corrected chi connectivity index (χ2v) is 3.94. The molecule has 0 atom stereocenters. The summed E-state index contributed by atoms with van der Waals surface area (Å²) in [5, 5.41) is 8.73. The first-order valence-corrected chi connectivity index (χ1v) is 4.94. The lowest BCUT2D eigenvalue weighted by Crippen LogP contribution is -2.40. The van der Waals surface area contributed by atoms with Gasteiger partial charge in [0.1, 0.15) is 0 Å². The standard InChI is InChI=1S/C9H16N2O2/c12-9(13)7-11-6-5-10-3-1-8(11)2-4-10/h8H,1-7H2,(H,12,13). The number of carboxylic acid groups (broad SMARTS) is 1. The Kier molecular flexibility index (Phi) is 2.51. The molecular formula is C9H16N2O2. The molecule has 0 aromatic heterocycles. The molecule has 74 valence electrons. The number of fused-ring (bicyclic) bond motifs is 4. The first kappa shape index (κ1) is 8.97. The molecule has 3 heterocycles. The van der Waals surface area contributed by atoms with Crippen molar-refractivity contribution in [1.29, 1.82) is 0 Å². The van der Waals surface area contributed by atoms with E-state index in [4.69, 9.17) is 5.11 Å². The summed E-state index contributed by atoms with van der Waals surface area (Å²) in [7, 11) is 0. The van der Waals surface area contributed by atoms with E-state index in [9.17, 15) is 4.79 Å². The number of hydrogen-bond donors (Lipinski definition) is 1. The summed E-state index contributed by atoms with van der Waals surface area (Å²) in [5.74, 6) is -0.694. The van der Waals surface area contributed by atoms with E-state index < -0.39 is 5.97 Å². The lowest BCUT2D eigenvalue weighted by molar-refractivity contribution is -0.138. The van der Waals surface area contributed by atoms with Crippen LogP contribution in [0.15, 0.2) is 0 Å². The summed E-state index contributed by atoms with van der Waals surface area (Å²) in [5.41, 5.74) is 0. The van der Waals surface area contributed by atoms with Crippen molar-refractivity contribution in [2.75, 3.05) is 32.7 Å². The maximum absolute atomic E-state index is 10.6. The van der Waals surface area contributed by atoms with E-state index in [-0.39, 0.29) is 6.54 Å². The second kappa shape index (κ2) is 3.64. The summed E-state index contributed by atoms with van der Waals surface area (Å²) in [6.45, 7) is 4.50. The Balaban J connectivity index is 1.98. The highest BCUT2D eigenvalue weighted by atomic mass is 16.4. The number of piperidine rings is 1. The third kappa shape index (κ3) is 2.00. The normalized spacial score (nSPS) is 34.5. The van der Waals surface area contributed by atoms with Gasteiger partial charge in [-0.1, -0.05) is 0 Å². The maximum Gasteiger partial charge on any atom is 0.317 e. The first-order chi connectivity index (χ1) is 6.25. The first-order valence-electron chi connectivity index (χ1n) is 4.94. The maximum atomic E-state index is 10.6. The molecule has 3 fully saturated rings. The van der Waals surface area contributed by atoms with E-state index >= 15 is 0 Å². The fourth-order valence-electron chi connectivity index (χ4n) is 2.34. The topological polar surface area (TPSA) is 43.8 Å². The van der Waals surface area contributed by atoms with Crippen molar-refractivity contribution < 1.29 is 9.90 Å². The van der Waals surface area contributed by atoms with Gasteiger partial charge in [-0.3, -0.25) is 9.69 Å². The molecule has 0 radical (unpaired) electrons. The fourth-order valence-corrected chi connectivity index (χ4v) is 2.34. The third-order valence-electron chi connectivity index (χ3n) is 3.12. The Hall–Kier alpha value is -0.610. The summed E-state index contributed by atoms with van der Waals surface area (Å²) < 4.78 is 0. The van der Waals surface area contributed by atoms with Gasteiger partial charge in [0.2, 0.25) is 0 Å². The van der Waals surface area contributed by atoms with E-state index in [0.29, 0.717) is 6.04 Å². The molecule has 2 bridgehead atoms.